The quantitative estimate of drug-likeness (QED) is 0.0568. The fourth-order valence-corrected chi connectivity index (χ4v) is 24.7. The molecule has 0 fully saturated rings. The van der Waals surface area contributed by atoms with Crippen molar-refractivity contribution in [1.29, 1.82) is 0 Å². The molecule has 5 heterocycles. The summed E-state index contributed by atoms with van der Waals surface area (Å²) in [5.41, 5.74) is 28.3. The van der Waals surface area contributed by atoms with E-state index in [9.17, 15) is 0 Å². The van der Waals surface area contributed by atoms with Crippen molar-refractivity contribution in [2.75, 3.05) is 0 Å². The molecular weight excluding hydrogens is 1450 g/mol. The average Bonchev–Trinajstić information content (AvgIpc) is 0.773. The predicted octanol–water partition coefficient (Wildman–Crippen LogP) is 23.1. The van der Waals surface area contributed by atoms with Crippen LogP contribution in [0.5, 0.6) is 0 Å². The largest absolute Gasteiger partial charge is 0.212 e. The summed E-state index contributed by atoms with van der Waals surface area (Å²) >= 11 is 0. The van der Waals surface area contributed by atoms with Crippen molar-refractivity contribution in [3.63, 3.8) is 0 Å². The molecule has 0 aliphatic carbocycles. The van der Waals surface area contributed by atoms with Gasteiger partial charge in [0.05, 0.1) is 40.4 Å². The minimum absolute atomic E-state index is 0.168. The average molecular weight is 1600 g/mol. The highest BCUT2D eigenvalue weighted by Crippen LogP contribution is 2.33. The van der Waals surface area contributed by atoms with Gasteiger partial charge in [0.15, 0.2) is 31.0 Å². The Balaban J connectivity index is 0.000000220. The number of benzene rings is 5. The number of aryl methyl sites for hydroxylation is 10. The van der Waals surface area contributed by atoms with Gasteiger partial charge in [0.25, 0.3) is 0 Å². The Kier molecular flexibility index (Phi) is 32.9. The van der Waals surface area contributed by atoms with Crippen LogP contribution >= 0.6 is 0 Å². The Labute approximate surface area is 697 Å². The number of aromatic nitrogens is 5. The van der Waals surface area contributed by atoms with E-state index in [1.807, 2.05) is 0 Å². The first-order valence-corrected chi connectivity index (χ1v) is 60.3. The van der Waals surface area contributed by atoms with Crippen molar-refractivity contribution in [3.05, 3.63) is 238 Å². The monoisotopic (exact) mass is 1600 g/mol. The second-order valence-corrected chi connectivity index (χ2v) is 65.8. The summed E-state index contributed by atoms with van der Waals surface area (Å²) in [6, 6.07) is 55.7. The van der Waals surface area contributed by atoms with E-state index < -0.39 is 40.4 Å². The molecule has 5 aromatic heterocycles. The number of nitrogens with zero attached hydrogens (tertiary/aromatic N) is 5. The van der Waals surface area contributed by atoms with E-state index in [0.29, 0.717) is 17.3 Å². The summed E-state index contributed by atoms with van der Waals surface area (Å²) in [5.74, 6) is 2.02. The second kappa shape index (κ2) is 39.3. The zero-order chi connectivity index (χ0) is 85.0. The maximum Gasteiger partial charge on any atom is 0.212 e. The molecule has 10 aromatic rings. The molecule has 0 radical (unpaired) electrons. The molecule has 2 unspecified atom stereocenters. The molecule has 0 aliphatic rings. The molecule has 113 heavy (non-hydrogen) atoms. The third-order valence-electron chi connectivity index (χ3n) is 23.1. The summed E-state index contributed by atoms with van der Waals surface area (Å²) in [7, 11) is 4.14. The van der Waals surface area contributed by atoms with Crippen LogP contribution in [0, 0.1) is 46.0 Å². The van der Waals surface area contributed by atoms with Crippen LogP contribution in [-0.2, 0) is 53.5 Å². The Hall–Kier alpha value is -7.07. The summed E-state index contributed by atoms with van der Waals surface area (Å²) in [6.45, 7) is 75.7. The van der Waals surface area contributed by atoms with Crippen LogP contribution in [-0.4, -0.2) is 40.4 Å². The highest BCUT2D eigenvalue weighted by molar-refractivity contribution is 6.90. The molecular formula is C103H156N5Si5+5. The molecule has 10 rings (SSSR count). The first-order chi connectivity index (χ1) is 52.3. The van der Waals surface area contributed by atoms with Gasteiger partial charge < -0.3 is 0 Å². The lowest BCUT2D eigenvalue weighted by molar-refractivity contribution is -0.659. The molecule has 0 spiro atoms. The number of pyridine rings is 5. The summed E-state index contributed by atoms with van der Waals surface area (Å²) in [6.07, 6.45) is 19.2. The van der Waals surface area contributed by atoms with Gasteiger partial charge in [-0.25, -0.2) is 22.8 Å². The molecule has 0 saturated carbocycles. The van der Waals surface area contributed by atoms with Gasteiger partial charge in [-0.15, -0.1) is 0 Å². The zero-order valence-corrected chi connectivity index (χ0v) is 83.5. The van der Waals surface area contributed by atoms with Crippen LogP contribution in [0.4, 0.5) is 0 Å². The predicted molar refractivity (Wildman–Crippen MR) is 511 cm³/mol. The van der Waals surface area contributed by atoms with E-state index in [4.69, 9.17) is 0 Å². The van der Waals surface area contributed by atoms with Crippen molar-refractivity contribution in [3.8, 4) is 56.3 Å². The van der Waals surface area contributed by atoms with E-state index in [1.165, 1.54) is 127 Å². The van der Waals surface area contributed by atoms with E-state index >= 15 is 0 Å². The third-order valence-corrected chi connectivity index (χ3v) is 33.3. The summed E-state index contributed by atoms with van der Waals surface area (Å²) in [5, 5.41) is 7.98. The minimum Gasteiger partial charge on any atom is -0.201 e. The Morgan fingerprint density at radius 1 is 0.310 bits per heavy atom. The van der Waals surface area contributed by atoms with Crippen molar-refractivity contribution in [2.24, 2.45) is 46.6 Å². The van der Waals surface area contributed by atoms with Gasteiger partial charge in [-0.3, -0.25) is 0 Å². The lowest BCUT2D eigenvalue weighted by Crippen LogP contribution is -2.49. The highest BCUT2D eigenvalue weighted by Gasteiger charge is 2.35. The Bertz CT molecular complexity index is 4830. The molecule has 608 valence electrons. The number of hydrogen-bond acceptors (Lipinski definition) is 0. The van der Waals surface area contributed by atoms with Crippen LogP contribution in [0.15, 0.2) is 183 Å². The standard InChI is InChI=1S/3C21H32NSi.2C20H30NSi/c1-16-11-9-10-12-18(16)19-13-17(14-21(2,3)4)20(15-22(19)5)23(6,7)8;1-8-16(2)13-18-14-20(19-12-10-9-11-17(19)3)22(4)15-21(18)23(5,6)7;1-8-17(9-2)19-14-20(18-13-11-10-12-16(18)3)22(4)15-21(19)23(5,6)7;1-15-11-9-10-12-16(15)18-13-17(20(2,3)4)19(14-21(18)5)22(6,7)8;1-8-15(2)18-13-19(17-12-10-9-11-16(17)3)21(4)14-20(18)22(5,6)7/h9-13,15H,14H2,1-8H3;9-12,14-16H,8,13H2,1-7H3;10-15,17H,8-9H2,1-7H3;9-14H,1-8H3;9-15H,8H2,1-7H3/q5*+1. The Morgan fingerprint density at radius 2 is 0.575 bits per heavy atom. The van der Waals surface area contributed by atoms with Gasteiger partial charge >= 0.3 is 0 Å². The first-order valence-electron chi connectivity index (χ1n) is 42.8. The van der Waals surface area contributed by atoms with Crippen molar-refractivity contribution < 1.29 is 22.8 Å². The molecule has 10 heteroatoms. The lowest BCUT2D eigenvalue weighted by Gasteiger charge is -2.28. The minimum atomic E-state index is -1.38. The van der Waals surface area contributed by atoms with Gasteiger partial charge in [0, 0.05) is 84.1 Å². The van der Waals surface area contributed by atoms with Crippen LogP contribution in [0.1, 0.15) is 176 Å². The normalized spacial score (nSPS) is 12.7. The van der Waals surface area contributed by atoms with Crippen LogP contribution in [0.25, 0.3) is 56.3 Å². The lowest BCUT2D eigenvalue weighted by atomic mass is 9.86. The SMILES string of the molecule is CCC(C)Cc1cc(-c2ccccc2C)[n+](C)cc1[Si](C)(C)C.CCC(C)c1cc(-c2ccccc2C)[n+](C)cc1[Si](C)(C)C.CCC(CC)c1cc(-c2ccccc2C)[n+](C)cc1[Si](C)(C)C.Cc1ccccc1-c1cc(C(C)(C)C)c([Si](C)(C)C)c[n+]1C.Cc1ccccc1-c1cc(CC(C)(C)C)c([Si](C)(C)C)c[n+]1C. The van der Waals surface area contributed by atoms with Crippen LogP contribution < -0.4 is 48.8 Å². The fraction of sp³-hybridized carbons (Fsp3) is 0.466. The van der Waals surface area contributed by atoms with Gasteiger partial charge in [-0.2, -0.15) is 0 Å². The van der Waals surface area contributed by atoms with Gasteiger partial charge in [0.1, 0.15) is 35.2 Å². The van der Waals surface area contributed by atoms with Crippen LogP contribution in [0.2, 0.25) is 98.2 Å². The molecule has 2 atom stereocenters. The van der Waals surface area contributed by atoms with Gasteiger partial charge in [0.2, 0.25) is 28.5 Å². The fourth-order valence-electron chi connectivity index (χ4n) is 15.9. The van der Waals surface area contributed by atoms with Crippen molar-refractivity contribution in [2.45, 2.75) is 272 Å². The Morgan fingerprint density at radius 3 is 0.858 bits per heavy atom. The van der Waals surface area contributed by atoms with E-state index in [2.05, 4.69) is 457 Å². The van der Waals surface area contributed by atoms with E-state index in [1.54, 1.807) is 42.6 Å². The number of hydrogen-bond donors (Lipinski definition) is 0. The summed E-state index contributed by atoms with van der Waals surface area (Å²) in [4.78, 5) is 0. The third kappa shape index (κ3) is 25.5. The highest BCUT2D eigenvalue weighted by atomic mass is 28.3. The molecule has 0 aliphatic heterocycles. The molecule has 0 bridgehead atoms. The maximum atomic E-state index is 2.48. The van der Waals surface area contributed by atoms with Crippen molar-refractivity contribution >= 4 is 66.3 Å². The van der Waals surface area contributed by atoms with E-state index in [0.717, 1.165) is 12.3 Å². The van der Waals surface area contributed by atoms with Crippen LogP contribution in [0.3, 0.4) is 0 Å². The topological polar surface area (TPSA) is 19.4 Å². The molecule has 0 amide bonds. The van der Waals surface area contributed by atoms with Gasteiger partial charge in [-0.1, -0.05) is 279 Å². The molecule has 5 aromatic carbocycles. The summed E-state index contributed by atoms with van der Waals surface area (Å²) < 4.78 is 11.6. The first kappa shape index (κ1) is 94.8. The second-order valence-electron chi connectivity index (χ2n) is 40.6. The molecule has 0 N–H and O–H groups in total. The van der Waals surface area contributed by atoms with Gasteiger partial charge in [-0.05, 0) is 181 Å². The van der Waals surface area contributed by atoms with E-state index in [-0.39, 0.29) is 5.41 Å². The number of rotatable bonds is 19. The molecule has 0 saturated heterocycles. The zero-order valence-electron chi connectivity index (χ0n) is 78.5. The smallest absolute Gasteiger partial charge is 0.201 e. The van der Waals surface area contributed by atoms with Crippen molar-refractivity contribution in [1.82, 2.24) is 0 Å². The maximum absolute atomic E-state index is 2.48. The molecule has 5 nitrogen and oxygen atoms in total.